The van der Waals surface area contributed by atoms with Crippen LogP contribution in [0.5, 0.6) is 0 Å². The van der Waals surface area contributed by atoms with Gasteiger partial charge in [-0.2, -0.15) is 0 Å². The van der Waals surface area contributed by atoms with Crippen molar-refractivity contribution in [3.63, 3.8) is 0 Å². The first-order chi connectivity index (χ1) is 10.6. The Bertz CT molecular complexity index is 593. The molecule has 1 radical (unpaired) electrons. The zero-order chi connectivity index (χ0) is 15.3. The van der Waals surface area contributed by atoms with E-state index in [2.05, 4.69) is 31.2 Å². The Kier molecular flexibility index (Phi) is 3.41. The number of fused-ring (bicyclic) bond motifs is 5. The van der Waals surface area contributed by atoms with Crippen molar-refractivity contribution >= 4 is 5.78 Å². The molecular weight excluding hydrogens is 272 g/mol. The lowest BCUT2D eigenvalue weighted by atomic mass is 9.54. The van der Waals surface area contributed by atoms with Crippen LogP contribution in [0.2, 0.25) is 0 Å². The molecule has 2 heteroatoms. The van der Waals surface area contributed by atoms with Gasteiger partial charge in [-0.1, -0.05) is 25.1 Å². The van der Waals surface area contributed by atoms with Crippen LogP contribution in [0.15, 0.2) is 18.2 Å². The Balaban J connectivity index is 1.74. The predicted octanol–water partition coefficient (Wildman–Crippen LogP) is 4.10. The highest BCUT2D eigenvalue weighted by molar-refractivity contribution is 5.87. The second-order valence-electron chi connectivity index (χ2n) is 7.74. The maximum Gasteiger partial charge on any atom is 0.139 e. The van der Waals surface area contributed by atoms with Gasteiger partial charge in [0.25, 0.3) is 0 Å². The molecule has 0 amide bonds. The molecule has 0 heterocycles. The van der Waals surface area contributed by atoms with Gasteiger partial charge in [0, 0.05) is 24.9 Å². The molecule has 2 nitrogen and oxygen atoms in total. The second-order valence-corrected chi connectivity index (χ2v) is 7.74. The van der Waals surface area contributed by atoms with Crippen LogP contribution in [-0.4, -0.2) is 19.5 Å². The monoisotopic (exact) mass is 297 g/mol. The number of hydrogen-bond donors (Lipinski definition) is 0. The molecule has 0 N–H and O–H groups in total. The fourth-order valence-electron chi connectivity index (χ4n) is 5.73. The van der Waals surface area contributed by atoms with Crippen molar-refractivity contribution in [2.45, 2.75) is 50.9 Å². The summed E-state index contributed by atoms with van der Waals surface area (Å²) < 4.78 is 5.49. The van der Waals surface area contributed by atoms with Gasteiger partial charge in [-0.25, -0.2) is 0 Å². The summed E-state index contributed by atoms with van der Waals surface area (Å²) >= 11 is 0. The minimum Gasteiger partial charge on any atom is -0.384 e. The molecule has 0 saturated heterocycles. The SMILES string of the molecule is COC[C@H]1C[C@@H]2[C@H](CC[C@]3(C)C(=O)CC[C@@H]23)c2cc[c]cc21. The molecule has 117 valence electrons. The van der Waals surface area contributed by atoms with E-state index in [0.29, 0.717) is 29.5 Å². The summed E-state index contributed by atoms with van der Waals surface area (Å²) in [6.45, 7) is 3.02. The molecule has 4 rings (SSSR count). The third-order valence-electron chi connectivity index (χ3n) is 6.84. The van der Waals surface area contributed by atoms with Gasteiger partial charge in [0.1, 0.15) is 5.78 Å². The van der Waals surface area contributed by atoms with Crippen LogP contribution in [0, 0.1) is 23.3 Å². The van der Waals surface area contributed by atoms with E-state index < -0.39 is 0 Å². The summed E-state index contributed by atoms with van der Waals surface area (Å²) in [5, 5.41) is 0. The Hall–Kier alpha value is -1.15. The predicted molar refractivity (Wildman–Crippen MR) is 85.8 cm³/mol. The zero-order valence-electron chi connectivity index (χ0n) is 13.6. The molecular formula is C20H25O2. The van der Waals surface area contributed by atoms with Crippen LogP contribution in [0.1, 0.15) is 62.0 Å². The fraction of sp³-hybridized carbons (Fsp3) is 0.650. The van der Waals surface area contributed by atoms with Gasteiger partial charge < -0.3 is 4.74 Å². The van der Waals surface area contributed by atoms with E-state index in [1.54, 1.807) is 7.11 Å². The normalized spacial score (nSPS) is 40.0. The highest BCUT2D eigenvalue weighted by atomic mass is 16.5. The number of methoxy groups -OCH3 is 1. The van der Waals surface area contributed by atoms with E-state index in [1.165, 1.54) is 24.0 Å². The topological polar surface area (TPSA) is 26.3 Å². The van der Waals surface area contributed by atoms with Gasteiger partial charge in [0.15, 0.2) is 0 Å². The molecule has 0 aromatic heterocycles. The average molecular weight is 297 g/mol. The van der Waals surface area contributed by atoms with E-state index in [1.807, 2.05) is 0 Å². The summed E-state index contributed by atoms with van der Waals surface area (Å²) in [4.78, 5) is 12.4. The van der Waals surface area contributed by atoms with Crippen molar-refractivity contribution in [1.82, 2.24) is 0 Å². The molecule has 1 aromatic carbocycles. The number of benzene rings is 1. The number of hydrogen-bond acceptors (Lipinski definition) is 2. The summed E-state index contributed by atoms with van der Waals surface area (Å²) in [5.41, 5.74) is 2.91. The van der Waals surface area contributed by atoms with Gasteiger partial charge >= 0.3 is 0 Å². The van der Waals surface area contributed by atoms with E-state index in [-0.39, 0.29) is 5.41 Å². The third-order valence-corrected chi connectivity index (χ3v) is 6.84. The first-order valence-corrected chi connectivity index (χ1v) is 8.67. The zero-order valence-corrected chi connectivity index (χ0v) is 13.6. The van der Waals surface area contributed by atoms with Crippen LogP contribution >= 0.6 is 0 Å². The number of rotatable bonds is 2. The van der Waals surface area contributed by atoms with Gasteiger partial charge in [-0.05, 0) is 60.6 Å². The molecule has 0 bridgehead atoms. The van der Waals surface area contributed by atoms with E-state index in [9.17, 15) is 4.79 Å². The maximum absolute atomic E-state index is 12.4. The lowest BCUT2D eigenvalue weighted by Gasteiger charge is -2.50. The lowest BCUT2D eigenvalue weighted by Crippen LogP contribution is -2.43. The molecule has 0 unspecified atom stereocenters. The molecule has 0 aliphatic heterocycles. The lowest BCUT2D eigenvalue weighted by molar-refractivity contribution is -0.129. The number of carbonyl (C=O) groups excluding carboxylic acids is 1. The fourth-order valence-corrected chi connectivity index (χ4v) is 5.73. The summed E-state index contributed by atoms with van der Waals surface area (Å²) in [6.07, 6.45) is 5.32. The van der Waals surface area contributed by atoms with Crippen molar-refractivity contribution in [1.29, 1.82) is 0 Å². The van der Waals surface area contributed by atoms with Gasteiger partial charge in [-0.15, -0.1) is 0 Å². The summed E-state index contributed by atoms with van der Waals surface area (Å²) in [5.74, 6) is 2.86. The van der Waals surface area contributed by atoms with Crippen molar-refractivity contribution in [2.75, 3.05) is 13.7 Å². The first-order valence-electron chi connectivity index (χ1n) is 8.67. The molecule has 1 aromatic rings. The van der Waals surface area contributed by atoms with Crippen LogP contribution < -0.4 is 0 Å². The molecule has 3 aliphatic rings. The number of carbonyl (C=O) groups is 1. The molecule has 22 heavy (non-hydrogen) atoms. The smallest absolute Gasteiger partial charge is 0.139 e. The quantitative estimate of drug-likeness (QED) is 0.821. The first kappa shape index (κ1) is 14.4. The highest BCUT2D eigenvalue weighted by Gasteiger charge is 2.55. The standard InChI is InChI=1S/C20H25O2/c1-20-10-9-16-15-6-4-3-5-14(15)13(12-22-2)11-17(16)18(20)7-8-19(20)21/h4-6,13,16-18H,7-12H2,1-2H3/t13-,16-,17-,18+,20+/m1/s1. The Morgan fingerprint density at radius 2 is 2.23 bits per heavy atom. The van der Waals surface area contributed by atoms with Gasteiger partial charge in [0.2, 0.25) is 0 Å². The third kappa shape index (κ3) is 1.93. The Labute approximate surface area is 133 Å². The average Bonchev–Trinajstić information content (AvgIpc) is 2.84. The van der Waals surface area contributed by atoms with Gasteiger partial charge in [-0.3, -0.25) is 4.79 Å². The van der Waals surface area contributed by atoms with Crippen LogP contribution in [-0.2, 0) is 9.53 Å². The maximum atomic E-state index is 12.4. The van der Waals surface area contributed by atoms with Crippen molar-refractivity contribution in [3.8, 4) is 0 Å². The van der Waals surface area contributed by atoms with Gasteiger partial charge in [0.05, 0.1) is 6.61 Å². The molecule has 2 fully saturated rings. The van der Waals surface area contributed by atoms with Crippen LogP contribution in [0.25, 0.3) is 0 Å². The Morgan fingerprint density at radius 3 is 3.05 bits per heavy atom. The van der Waals surface area contributed by atoms with E-state index in [0.717, 1.165) is 25.9 Å². The minimum atomic E-state index is -0.0444. The van der Waals surface area contributed by atoms with Crippen molar-refractivity contribution in [3.05, 3.63) is 35.4 Å². The molecule has 5 atom stereocenters. The van der Waals surface area contributed by atoms with E-state index >= 15 is 0 Å². The van der Waals surface area contributed by atoms with Crippen molar-refractivity contribution < 1.29 is 9.53 Å². The molecule has 3 aliphatic carbocycles. The largest absolute Gasteiger partial charge is 0.384 e. The summed E-state index contributed by atoms with van der Waals surface area (Å²) in [7, 11) is 1.79. The highest BCUT2D eigenvalue weighted by Crippen LogP contribution is 2.61. The van der Waals surface area contributed by atoms with Crippen LogP contribution in [0.3, 0.4) is 0 Å². The van der Waals surface area contributed by atoms with Crippen LogP contribution in [0.4, 0.5) is 0 Å². The second kappa shape index (κ2) is 5.19. The minimum absolute atomic E-state index is 0.0444. The molecule has 0 spiro atoms. The number of Topliss-reactive ketones (excluding diaryl/α,β-unsaturated/α-hetero) is 1. The summed E-state index contributed by atoms with van der Waals surface area (Å²) in [6, 6.07) is 9.75. The molecule has 2 saturated carbocycles. The number of ether oxygens (including phenoxy) is 1. The number of ketones is 1. The van der Waals surface area contributed by atoms with Crippen molar-refractivity contribution in [2.24, 2.45) is 17.3 Å². The Morgan fingerprint density at radius 1 is 1.36 bits per heavy atom. The van der Waals surface area contributed by atoms with E-state index in [4.69, 9.17) is 4.74 Å².